The first kappa shape index (κ1) is 16.7. The molecule has 2 heteroatoms. The Morgan fingerprint density at radius 3 is 2.25 bits per heavy atom. The van der Waals surface area contributed by atoms with E-state index in [1.165, 1.54) is 19.3 Å². The average molecular weight is 279 g/mol. The zero-order valence-electron chi connectivity index (χ0n) is 13.8. The smallest absolute Gasteiger partial charge is 0.303 e. The molecule has 0 aliphatic rings. The summed E-state index contributed by atoms with van der Waals surface area (Å²) >= 11 is 0. The Labute approximate surface area is 125 Å². The molecule has 0 saturated carbocycles. The van der Waals surface area contributed by atoms with E-state index in [9.17, 15) is 4.79 Å². The van der Waals surface area contributed by atoms with Gasteiger partial charge in [-0.1, -0.05) is 56.2 Å². The predicted octanol–water partition coefficient (Wildman–Crippen LogP) is 5.66. The van der Waals surface area contributed by atoms with E-state index in [0.29, 0.717) is 6.42 Å². The summed E-state index contributed by atoms with van der Waals surface area (Å²) in [6.07, 6.45) is 20.4. The van der Waals surface area contributed by atoms with E-state index in [0.717, 1.165) is 25.7 Å². The van der Waals surface area contributed by atoms with Gasteiger partial charge in [-0.05, 0) is 44.9 Å². The monoisotopic (exact) mass is 279 g/mol. The van der Waals surface area contributed by atoms with E-state index in [-0.39, 0.29) is 12.8 Å². The summed E-state index contributed by atoms with van der Waals surface area (Å²) in [4.78, 5) is 10.3. The first-order valence-corrected chi connectivity index (χ1v) is 7.79. The Balaban J connectivity index is 3.56. The molecular formula is C18H30O2. The van der Waals surface area contributed by atoms with Crippen LogP contribution in [0.4, 0.5) is 0 Å². The number of hydrogen-bond acceptors (Lipinski definition) is 1. The van der Waals surface area contributed by atoms with Gasteiger partial charge in [-0.2, -0.15) is 0 Å². The average Bonchev–Trinajstić information content (AvgIpc) is 2.45. The fourth-order valence-electron chi connectivity index (χ4n) is 1.74. The SMILES string of the molecule is [2H][C@H](/C=C\C/C=C\CCCCC)/C=C\CCCCC(=O)O. The molecule has 0 amide bonds. The van der Waals surface area contributed by atoms with Gasteiger partial charge in [0.1, 0.15) is 0 Å². The van der Waals surface area contributed by atoms with Crippen molar-refractivity contribution in [2.24, 2.45) is 0 Å². The molecule has 20 heavy (non-hydrogen) atoms. The second kappa shape index (κ2) is 15.7. The number of carbonyl (C=O) groups is 1. The molecule has 0 saturated heterocycles. The lowest BCUT2D eigenvalue weighted by Crippen LogP contribution is -1.92. The highest BCUT2D eigenvalue weighted by Gasteiger charge is 1.93. The maximum atomic E-state index is 10.3. The van der Waals surface area contributed by atoms with Gasteiger partial charge in [-0.25, -0.2) is 0 Å². The molecule has 0 spiro atoms. The largest absolute Gasteiger partial charge is 0.481 e. The highest BCUT2D eigenvalue weighted by atomic mass is 16.4. The lowest BCUT2D eigenvalue weighted by molar-refractivity contribution is -0.137. The van der Waals surface area contributed by atoms with E-state index in [1.54, 1.807) is 0 Å². The van der Waals surface area contributed by atoms with E-state index < -0.39 is 5.97 Å². The van der Waals surface area contributed by atoms with Gasteiger partial charge in [0.2, 0.25) is 0 Å². The van der Waals surface area contributed by atoms with Gasteiger partial charge in [-0.15, -0.1) is 0 Å². The van der Waals surface area contributed by atoms with Crippen LogP contribution in [0.15, 0.2) is 36.5 Å². The van der Waals surface area contributed by atoms with Crippen molar-refractivity contribution in [1.29, 1.82) is 0 Å². The Kier molecular flexibility index (Phi) is 13.2. The first-order valence-electron chi connectivity index (χ1n) is 8.37. The van der Waals surface area contributed by atoms with Crippen LogP contribution in [0.1, 0.15) is 72.5 Å². The molecule has 0 unspecified atom stereocenters. The molecule has 2 nitrogen and oxygen atoms in total. The fourth-order valence-corrected chi connectivity index (χ4v) is 1.74. The van der Waals surface area contributed by atoms with E-state index in [4.69, 9.17) is 6.48 Å². The van der Waals surface area contributed by atoms with Gasteiger partial charge in [0.25, 0.3) is 0 Å². The third-order valence-corrected chi connectivity index (χ3v) is 2.92. The third kappa shape index (κ3) is 16.7. The Morgan fingerprint density at radius 2 is 1.55 bits per heavy atom. The second-order valence-electron chi connectivity index (χ2n) is 4.89. The van der Waals surface area contributed by atoms with Gasteiger partial charge in [0.05, 0.1) is 0 Å². The van der Waals surface area contributed by atoms with Crippen LogP contribution < -0.4 is 0 Å². The van der Waals surface area contributed by atoms with Gasteiger partial charge < -0.3 is 5.11 Å². The third-order valence-electron chi connectivity index (χ3n) is 2.92. The standard InChI is InChI=1S/C18H30O2/c1-2-3-4-5-6-7-8-9-10-11-12-13-14-15-16-17-18(19)20/h6-7,9-10,12-13H,2-5,8,11,14-17H2,1H3,(H,19,20)/b7-6-,10-9-,13-12-/i11D/t11-/m1/s1. The summed E-state index contributed by atoms with van der Waals surface area (Å²) in [5, 5.41) is 8.50. The minimum atomic E-state index is -0.733. The van der Waals surface area contributed by atoms with Gasteiger partial charge in [0.15, 0.2) is 0 Å². The van der Waals surface area contributed by atoms with Crippen LogP contribution in [-0.4, -0.2) is 11.1 Å². The summed E-state index contributed by atoms with van der Waals surface area (Å²) < 4.78 is 7.80. The summed E-state index contributed by atoms with van der Waals surface area (Å²) in [5.41, 5.74) is 0. The van der Waals surface area contributed by atoms with E-state index >= 15 is 0 Å². The van der Waals surface area contributed by atoms with Gasteiger partial charge in [-0.3, -0.25) is 4.79 Å². The number of hydrogen-bond donors (Lipinski definition) is 1. The van der Waals surface area contributed by atoms with Crippen LogP contribution in [0.3, 0.4) is 0 Å². The zero-order valence-corrected chi connectivity index (χ0v) is 12.8. The first-order chi connectivity index (χ1) is 10.2. The second-order valence-corrected chi connectivity index (χ2v) is 4.89. The fraction of sp³-hybridized carbons (Fsp3) is 0.611. The highest BCUT2D eigenvalue weighted by molar-refractivity contribution is 5.66. The van der Waals surface area contributed by atoms with E-state index in [2.05, 4.69) is 19.1 Å². The summed E-state index contributed by atoms with van der Waals surface area (Å²) in [6, 6.07) is 0. The van der Waals surface area contributed by atoms with Gasteiger partial charge in [0, 0.05) is 7.79 Å². The lowest BCUT2D eigenvalue weighted by atomic mass is 10.2. The van der Waals surface area contributed by atoms with Crippen molar-refractivity contribution < 1.29 is 11.3 Å². The number of carboxylic acids is 1. The molecule has 0 bridgehead atoms. The number of aliphatic carboxylic acids is 1. The van der Waals surface area contributed by atoms with Crippen molar-refractivity contribution in [3.05, 3.63) is 36.5 Å². The molecule has 0 aliphatic heterocycles. The quantitative estimate of drug-likeness (QED) is 0.349. The molecule has 0 heterocycles. The van der Waals surface area contributed by atoms with Crippen LogP contribution in [0.25, 0.3) is 0 Å². The molecule has 1 atom stereocenters. The van der Waals surface area contributed by atoms with Crippen molar-refractivity contribution in [2.45, 2.75) is 71.1 Å². The van der Waals surface area contributed by atoms with Crippen LogP contribution in [0.2, 0.25) is 0 Å². The summed E-state index contributed by atoms with van der Waals surface area (Å²) in [5.74, 6) is -0.733. The molecule has 0 aromatic heterocycles. The number of carboxylic acid groups (broad SMARTS) is 1. The molecule has 0 aromatic rings. The lowest BCUT2D eigenvalue weighted by Gasteiger charge is -1.92. The van der Waals surface area contributed by atoms with Crippen molar-refractivity contribution in [1.82, 2.24) is 0 Å². The number of rotatable bonds is 13. The van der Waals surface area contributed by atoms with Crippen LogP contribution >= 0.6 is 0 Å². The topological polar surface area (TPSA) is 37.3 Å². The van der Waals surface area contributed by atoms with Crippen molar-refractivity contribution >= 4 is 5.97 Å². The minimum Gasteiger partial charge on any atom is -0.481 e. The summed E-state index contributed by atoms with van der Waals surface area (Å²) in [7, 11) is 0. The van der Waals surface area contributed by atoms with Gasteiger partial charge >= 0.3 is 5.97 Å². The minimum absolute atomic E-state index is 0.239. The Morgan fingerprint density at radius 1 is 0.950 bits per heavy atom. The molecule has 1 N–H and O–H groups in total. The van der Waals surface area contributed by atoms with Crippen LogP contribution in [-0.2, 0) is 4.79 Å². The van der Waals surface area contributed by atoms with Crippen LogP contribution in [0, 0.1) is 0 Å². The number of allylic oxidation sites excluding steroid dienone is 6. The zero-order chi connectivity index (χ0) is 15.8. The molecule has 0 aliphatic carbocycles. The van der Waals surface area contributed by atoms with Crippen molar-refractivity contribution in [3.8, 4) is 0 Å². The maximum Gasteiger partial charge on any atom is 0.303 e. The molecule has 0 rings (SSSR count). The molecule has 114 valence electrons. The molecule has 0 fully saturated rings. The molecule has 0 aromatic carbocycles. The molecule has 0 radical (unpaired) electrons. The number of unbranched alkanes of at least 4 members (excludes halogenated alkanes) is 5. The van der Waals surface area contributed by atoms with Crippen molar-refractivity contribution in [3.63, 3.8) is 0 Å². The van der Waals surface area contributed by atoms with Crippen LogP contribution in [0.5, 0.6) is 0 Å². The normalized spacial score (nSPS) is 14.3. The molecular weight excluding hydrogens is 248 g/mol. The predicted molar refractivity (Wildman–Crippen MR) is 86.9 cm³/mol. The van der Waals surface area contributed by atoms with Crippen molar-refractivity contribution in [2.75, 3.05) is 0 Å². The highest BCUT2D eigenvalue weighted by Crippen LogP contribution is 2.02. The van der Waals surface area contributed by atoms with E-state index in [1.807, 2.05) is 24.3 Å². The maximum absolute atomic E-state index is 10.3. The Hall–Kier alpha value is -1.31. The summed E-state index contributed by atoms with van der Waals surface area (Å²) in [6.45, 7) is 2.21. The Bertz CT molecular complexity index is 332.